The number of aromatic amines is 1. The number of anilines is 1. The van der Waals surface area contributed by atoms with E-state index in [1.54, 1.807) is 23.7 Å². The summed E-state index contributed by atoms with van der Waals surface area (Å²) in [7, 11) is 0. The minimum atomic E-state index is 0.824. The van der Waals surface area contributed by atoms with Gasteiger partial charge in [-0.1, -0.05) is 0 Å². The zero-order valence-electron chi connectivity index (χ0n) is 9.40. The van der Waals surface area contributed by atoms with E-state index in [1.165, 1.54) is 10.4 Å². The van der Waals surface area contributed by atoms with Crippen molar-refractivity contribution < 1.29 is 0 Å². The molecule has 86 valence electrons. The lowest BCUT2D eigenvalue weighted by atomic mass is 10.3. The van der Waals surface area contributed by atoms with E-state index in [-0.39, 0.29) is 0 Å². The highest BCUT2D eigenvalue weighted by molar-refractivity contribution is 7.10. The summed E-state index contributed by atoms with van der Waals surface area (Å²) in [6, 6.07) is 4.14. The van der Waals surface area contributed by atoms with Gasteiger partial charge in [0.05, 0.1) is 5.69 Å². The van der Waals surface area contributed by atoms with E-state index >= 15 is 0 Å². The minimum Gasteiger partial charge on any atom is -0.378 e. The van der Waals surface area contributed by atoms with Gasteiger partial charge < -0.3 is 5.32 Å². The van der Waals surface area contributed by atoms with Gasteiger partial charge >= 0.3 is 0 Å². The first kappa shape index (κ1) is 10.3. The Hall–Kier alpha value is -1.88. The van der Waals surface area contributed by atoms with Crippen LogP contribution in [0.25, 0.3) is 11.0 Å². The lowest BCUT2D eigenvalue weighted by molar-refractivity contribution is 1.11. The molecule has 4 nitrogen and oxygen atoms in total. The molecule has 3 rings (SSSR count). The molecule has 0 aliphatic heterocycles. The van der Waals surface area contributed by atoms with Gasteiger partial charge in [0.2, 0.25) is 0 Å². The van der Waals surface area contributed by atoms with E-state index in [0.717, 1.165) is 23.3 Å². The quantitative estimate of drug-likeness (QED) is 0.744. The van der Waals surface area contributed by atoms with Gasteiger partial charge in [0.15, 0.2) is 0 Å². The summed E-state index contributed by atoms with van der Waals surface area (Å²) < 4.78 is 0. The average molecular weight is 244 g/mol. The molecule has 0 unspecified atom stereocenters. The normalized spacial score (nSPS) is 10.9. The summed E-state index contributed by atoms with van der Waals surface area (Å²) in [6.45, 7) is 2.93. The van der Waals surface area contributed by atoms with Crippen molar-refractivity contribution in [2.24, 2.45) is 0 Å². The van der Waals surface area contributed by atoms with Gasteiger partial charge in [-0.25, -0.2) is 0 Å². The molecule has 0 aromatic carbocycles. The summed E-state index contributed by atoms with van der Waals surface area (Å²) in [4.78, 5) is 5.55. The topological polar surface area (TPSA) is 53.6 Å². The van der Waals surface area contributed by atoms with Crippen LogP contribution in [0.3, 0.4) is 0 Å². The molecule has 0 spiro atoms. The summed E-state index contributed by atoms with van der Waals surface area (Å²) in [5.74, 6) is 0. The Kier molecular flexibility index (Phi) is 2.53. The van der Waals surface area contributed by atoms with Crippen LogP contribution in [-0.2, 0) is 6.54 Å². The highest BCUT2D eigenvalue weighted by Gasteiger charge is 2.04. The van der Waals surface area contributed by atoms with Crippen molar-refractivity contribution in [1.82, 2.24) is 15.2 Å². The molecule has 0 saturated heterocycles. The summed E-state index contributed by atoms with van der Waals surface area (Å²) in [5.41, 5.74) is 4.10. The molecule has 2 N–H and O–H groups in total. The van der Waals surface area contributed by atoms with E-state index in [0.29, 0.717) is 0 Å². The maximum absolute atomic E-state index is 4.23. The summed E-state index contributed by atoms with van der Waals surface area (Å²) in [5, 5.41) is 12.6. The van der Waals surface area contributed by atoms with Crippen molar-refractivity contribution in [2.45, 2.75) is 13.5 Å². The third-order valence-corrected chi connectivity index (χ3v) is 3.62. The second-order valence-electron chi connectivity index (χ2n) is 3.92. The number of rotatable bonds is 3. The molecule has 0 amide bonds. The number of thiophene rings is 1. The monoisotopic (exact) mass is 244 g/mol. The van der Waals surface area contributed by atoms with E-state index in [1.807, 2.05) is 6.07 Å². The Morgan fingerprint density at radius 2 is 2.41 bits per heavy atom. The Labute approximate surface area is 103 Å². The number of H-pyrrole nitrogens is 1. The van der Waals surface area contributed by atoms with Crippen molar-refractivity contribution >= 4 is 28.1 Å². The number of aryl methyl sites for hydroxylation is 1. The Morgan fingerprint density at radius 1 is 1.47 bits per heavy atom. The largest absolute Gasteiger partial charge is 0.378 e. The maximum atomic E-state index is 4.23. The van der Waals surface area contributed by atoms with Gasteiger partial charge in [0.25, 0.3) is 0 Å². The number of aromatic nitrogens is 3. The first-order chi connectivity index (χ1) is 8.33. The molecule has 0 radical (unpaired) electrons. The van der Waals surface area contributed by atoms with E-state index in [2.05, 4.69) is 38.9 Å². The first-order valence-corrected chi connectivity index (χ1v) is 6.27. The fourth-order valence-electron chi connectivity index (χ4n) is 1.76. The van der Waals surface area contributed by atoms with Crippen molar-refractivity contribution in [3.63, 3.8) is 0 Å². The first-order valence-electron chi connectivity index (χ1n) is 5.39. The van der Waals surface area contributed by atoms with Crippen molar-refractivity contribution in [2.75, 3.05) is 5.32 Å². The molecule has 0 saturated carbocycles. The van der Waals surface area contributed by atoms with Crippen LogP contribution in [0, 0.1) is 6.92 Å². The van der Waals surface area contributed by atoms with Gasteiger partial charge in [-0.2, -0.15) is 5.10 Å². The van der Waals surface area contributed by atoms with Crippen LogP contribution in [0.2, 0.25) is 0 Å². The molecule has 0 aliphatic rings. The molecular weight excluding hydrogens is 232 g/mol. The van der Waals surface area contributed by atoms with Gasteiger partial charge in [-0.3, -0.25) is 10.1 Å². The zero-order chi connectivity index (χ0) is 11.7. The summed E-state index contributed by atoms with van der Waals surface area (Å²) in [6.07, 6.45) is 3.59. The minimum absolute atomic E-state index is 0.824. The van der Waals surface area contributed by atoms with E-state index < -0.39 is 0 Å². The van der Waals surface area contributed by atoms with Crippen molar-refractivity contribution in [3.05, 3.63) is 40.3 Å². The van der Waals surface area contributed by atoms with Gasteiger partial charge in [-0.05, 0) is 30.0 Å². The number of nitrogens with zero attached hydrogens (tertiary/aromatic N) is 2. The zero-order valence-corrected chi connectivity index (χ0v) is 10.2. The summed E-state index contributed by atoms with van der Waals surface area (Å²) >= 11 is 1.77. The average Bonchev–Trinajstić information content (AvgIpc) is 2.94. The van der Waals surface area contributed by atoms with Gasteiger partial charge in [-0.15, -0.1) is 11.3 Å². The van der Waals surface area contributed by atoms with Gasteiger partial charge in [0.1, 0.15) is 11.0 Å². The maximum Gasteiger partial charge on any atom is 0.134 e. The second kappa shape index (κ2) is 4.18. The fraction of sp³-hybridized carbons (Fsp3) is 0.167. The van der Waals surface area contributed by atoms with Crippen molar-refractivity contribution in [3.8, 4) is 0 Å². The number of fused-ring (bicyclic) bond motifs is 1. The molecule has 0 fully saturated rings. The molecule has 17 heavy (non-hydrogen) atoms. The number of pyridine rings is 1. The molecule has 5 heteroatoms. The van der Waals surface area contributed by atoms with Crippen LogP contribution in [0.1, 0.15) is 10.4 Å². The lowest BCUT2D eigenvalue weighted by Crippen LogP contribution is -1.98. The lowest BCUT2D eigenvalue weighted by Gasteiger charge is -2.04. The molecule has 3 aromatic rings. The highest BCUT2D eigenvalue weighted by atomic mass is 32.1. The smallest absolute Gasteiger partial charge is 0.134 e. The Bertz CT molecular complexity index is 641. The van der Waals surface area contributed by atoms with Gasteiger partial charge in [0, 0.05) is 23.8 Å². The Balaban J connectivity index is 1.83. The fourth-order valence-corrected chi connectivity index (χ4v) is 2.57. The number of hydrogen-bond donors (Lipinski definition) is 2. The molecule has 0 aliphatic carbocycles. The van der Waals surface area contributed by atoms with Crippen LogP contribution < -0.4 is 5.32 Å². The molecular formula is C12H12N4S. The van der Waals surface area contributed by atoms with Crippen LogP contribution in [0.5, 0.6) is 0 Å². The SMILES string of the molecule is Cc1csc(CNc2ccnc3c[nH]nc23)c1. The Morgan fingerprint density at radius 3 is 3.24 bits per heavy atom. The van der Waals surface area contributed by atoms with Crippen molar-refractivity contribution in [1.29, 1.82) is 0 Å². The predicted octanol–water partition coefficient (Wildman–Crippen LogP) is 2.94. The van der Waals surface area contributed by atoms with Crippen LogP contribution in [-0.4, -0.2) is 15.2 Å². The second-order valence-corrected chi connectivity index (χ2v) is 4.92. The van der Waals surface area contributed by atoms with Crippen LogP contribution in [0.4, 0.5) is 5.69 Å². The van der Waals surface area contributed by atoms with E-state index in [4.69, 9.17) is 0 Å². The molecule has 0 atom stereocenters. The molecule has 0 bridgehead atoms. The number of hydrogen-bond acceptors (Lipinski definition) is 4. The highest BCUT2D eigenvalue weighted by Crippen LogP contribution is 2.20. The van der Waals surface area contributed by atoms with E-state index in [9.17, 15) is 0 Å². The third-order valence-electron chi connectivity index (χ3n) is 2.57. The standard InChI is InChI=1S/C12H12N4S/c1-8-4-9(17-7-8)5-14-10-2-3-13-11-6-15-16-12(10)11/h2-4,6-7H,5H2,1H3,(H,13,14)(H,15,16). The predicted molar refractivity (Wildman–Crippen MR) is 70.3 cm³/mol. The number of nitrogens with one attached hydrogen (secondary N) is 2. The molecule has 3 aromatic heterocycles. The third kappa shape index (κ3) is 2.01. The van der Waals surface area contributed by atoms with Crippen LogP contribution in [0.15, 0.2) is 29.9 Å². The van der Waals surface area contributed by atoms with Crippen LogP contribution >= 0.6 is 11.3 Å². The molecule has 3 heterocycles.